The van der Waals surface area contributed by atoms with Gasteiger partial charge in [-0.3, -0.25) is 9.59 Å². The Kier molecular flexibility index (Phi) is 7.77. The fraction of sp³-hybridized carbons (Fsp3) is 0.167. The number of aryl methyl sites for hydroxylation is 1. The zero-order valence-corrected chi connectivity index (χ0v) is 19.3. The molecular weight excluding hydrogens is 451 g/mol. The van der Waals surface area contributed by atoms with Crippen LogP contribution < -0.4 is 15.4 Å². The highest BCUT2D eigenvalue weighted by Crippen LogP contribution is 2.32. The predicted octanol–water partition coefficient (Wildman–Crippen LogP) is 6.17. The zero-order chi connectivity index (χ0) is 23.3. The van der Waals surface area contributed by atoms with E-state index in [-0.39, 0.29) is 17.1 Å². The van der Waals surface area contributed by atoms with Gasteiger partial charge in [0, 0.05) is 27.2 Å². The zero-order valence-electron chi connectivity index (χ0n) is 17.7. The third-order valence-electron chi connectivity index (χ3n) is 4.64. The SMILES string of the molecule is COc1cc(Cl)c(C)cc1NC(=O)C(C)Sc1ccc(NC(=O)c2ccc(F)cc2)cc1. The minimum Gasteiger partial charge on any atom is -0.495 e. The van der Waals surface area contributed by atoms with Crippen LogP contribution in [-0.2, 0) is 4.79 Å². The number of methoxy groups -OCH3 is 1. The average Bonchev–Trinajstić information content (AvgIpc) is 2.77. The number of rotatable bonds is 7. The van der Waals surface area contributed by atoms with Crippen LogP contribution in [0, 0.1) is 12.7 Å². The summed E-state index contributed by atoms with van der Waals surface area (Å²) in [6.45, 7) is 3.66. The van der Waals surface area contributed by atoms with E-state index in [1.54, 1.807) is 31.2 Å². The summed E-state index contributed by atoms with van der Waals surface area (Å²) in [5.74, 6) is -0.410. The van der Waals surface area contributed by atoms with Gasteiger partial charge in [-0.1, -0.05) is 11.6 Å². The molecule has 166 valence electrons. The van der Waals surface area contributed by atoms with E-state index in [4.69, 9.17) is 16.3 Å². The number of carbonyl (C=O) groups excluding carboxylic acids is 2. The topological polar surface area (TPSA) is 67.4 Å². The number of benzene rings is 3. The van der Waals surface area contributed by atoms with Crippen LogP contribution in [0.3, 0.4) is 0 Å². The van der Waals surface area contributed by atoms with E-state index in [1.165, 1.54) is 43.1 Å². The van der Waals surface area contributed by atoms with Gasteiger partial charge >= 0.3 is 0 Å². The van der Waals surface area contributed by atoms with E-state index < -0.39 is 5.82 Å². The van der Waals surface area contributed by atoms with Gasteiger partial charge in [0.05, 0.1) is 18.0 Å². The third-order valence-corrected chi connectivity index (χ3v) is 6.16. The summed E-state index contributed by atoms with van der Waals surface area (Å²) in [6.07, 6.45) is 0. The first-order valence-electron chi connectivity index (χ1n) is 9.75. The normalized spacial score (nSPS) is 11.5. The molecule has 3 aromatic rings. The van der Waals surface area contributed by atoms with Crippen LogP contribution in [0.2, 0.25) is 5.02 Å². The van der Waals surface area contributed by atoms with E-state index in [0.29, 0.717) is 27.7 Å². The summed E-state index contributed by atoms with van der Waals surface area (Å²) in [5, 5.41) is 5.83. The van der Waals surface area contributed by atoms with Gasteiger partial charge in [0.1, 0.15) is 11.6 Å². The number of thioether (sulfide) groups is 1. The molecule has 1 atom stereocenters. The standard InChI is InChI=1S/C24H22ClFN2O3S/c1-14-12-21(22(31-3)13-20(14)25)28-23(29)15(2)32-19-10-8-18(9-11-19)27-24(30)16-4-6-17(26)7-5-16/h4-13,15H,1-3H3,(H,27,30)(H,28,29). The summed E-state index contributed by atoms with van der Waals surface area (Å²) in [7, 11) is 1.52. The monoisotopic (exact) mass is 472 g/mol. The lowest BCUT2D eigenvalue weighted by Gasteiger charge is -2.15. The fourth-order valence-electron chi connectivity index (χ4n) is 2.84. The van der Waals surface area contributed by atoms with Crippen LogP contribution in [0.5, 0.6) is 5.75 Å². The second-order valence-electron chi connectivity index (χ2n) is 7.04. The Bertz CT molecular complexity index is 1120. The molecule has 2 N–H and O–H groups in total. The number of ether oxygens (including phenoxy) is 1. The fourth-order valence-corrected chi connectivity index (χ4v) is 3.86. The maximum atomic E-state index is 13.0. The molecule has 1 unspecified atom stereocenters. The maximum absolute atomic E-state index is 13.0. The lowest BCUT2D eigenvalue weighted by molar-refractivity contribution is -0.115. The quantitative estimate of drug-likeness (QED) is 0.403. The molecule has 0 aliphatic heterocycles. The Labute approximate surface area is 195 Å². The molecule has 0 aliphatic carbocycles. The number of amides is 2. The van der Waals surface area contributed by atoms with Crippen molar-refractivity contribution in [2.45, 2.75) is 24.0 Å². The van der Waals surface area contributed by atoms with Crippen molar-refractivity contribution in [1.82, 2.24) is 0 Å². The second-order valence-corrected chi connectivity index (χ2v) is 8.86. The molecule has 0 saturated heterocycles. The first-order valence-corrected chi connectivity index (χ1v) is 11.0. The van der Waals surface area contributed by atoms with Gasteiger partial charge in [-0.05, 0) is 74.0 Å². The van der Waals surface area contributed by atoms with E-state index in [0.717, 1.165) is 10.5 Å². The lowest BCUT2D eigenvalue weighted by Crippen LogP contribution is -2.22. The van der Waals surface area contributed by atoms with Crippen LogP contribution in [-0.4, -0.2) is 24.2 Å². The minimum atomic E-state index is -0.397. The van der Waals surface area contributed by atoms with Crippen LogP contribution in [0.15, 0.2) is 65.6 Å². The van der Waals surface area contributed by atoms with Gasteiger partial charge in [0.2, 0.25) is 5.91 Å². The number of halogens is 2. The predicted molar refractivity (Wildman–Crippen MR) is 127 cm³/mol. The van der Waals surface area contributed by atoms with Gasteiger partial charge in [0.25, 0.3) is 5.91 Å². The molecule has 3 aromatic carbocycles. The summed E-state index contributed by atoms with van der Waals surface area (Å²) in [6, 6.07) is 15.9. The van der Waals surface area contributed by atoms with Gasteiger partial charge in [-0.15, -0.1) is 11.8 Å². The summed E-state index contributed by atoms with van der Waals surface area (Å²) in [5.41, 5.74) is 2.36. The molecule has 0 fully saturated rings. The molecule has 0 bridgehead atoms. The molecule has 0 aliphatic rings. The lowest BCUT2D eigenvalue weighted by atomic mass is 10.2. The molecular formula is C24H22ClFN2O3S. The Morgan fingerprint density at radius 1 is 1.03 bits per heavy atom. The smallest absolute Gasteiger partial charge is 0.255 e. The summed E-state index contributed by atoms with van der Waals surface area (Å²) < 4.78 is 18.3. The molecule has 2 amide bonds. The number of carbonyl (C=O) groups is 2. The van der Waals surface area contributed by atoms with E-state index in [9.17, 15) is 14.0 Å². The highest BCUT2D eigenvalue weighted by molar-refractivity contribution is 8.00. The number of anilines is 2. The highest BCUT2D eigenvalue weighted by Gasteiger charge is 2.17. The first kappa shape index (κ1) is 23.6. The number of nitrogens with one attached hydrogen (secondary N) is 2. The van der Waals surface area contributed by atoms with E-state index in [2.05, 4.69) is 10.6 Å². The van der Waals surface area contributed by atoms with Crippen molar-refractivity contribution in [3.05, 3.63) is 82.6 Å². The van der Waals surface area contributed by atoms with E-state index in [1.807, 2.05) is 19.1 Å². The highest BCUT2D eigenvalue weighted by atomic mass is 35.5. The van der Waals surface area contributed by atoms with Crippen molar-refractivity contribution >= 4 is 46.6 Å². The Morgan fingerprint density at radius 2 is 1.69 bits per heavy atom. The molecule has 0 spiro atoms. The van der Waals surface area contributed by atoms with Crippen LogP contribution >= 0.6 is 23.4 Å². The third kappa shape index (κ3) is 6.02. The van der Waals surface area contributed by atoms with Crippen molar-refractivity contribution in [3.8, 4) is 5.75 Å². The number of hydrogen-bond acceptors (Lipinski definition) is 4. The van der Waals surface area contributed by atoms with Crippen LogP contribution in [0.4, 0.5) is 15.8 Å². The van der Waals surface area contributed by atoms with Gasteiger partial charge < -0.3 is 15.4 Å². The van der Waals surface area contributed by atoms with Gasteiger partial charge in [-0.25, -0.2) is 4.39 Å². The average molecular weight is 473 g/mol. The van der Waals surface area contributed by atoms with Crippen LogP contribution in [0.25, 0.3) is 0 Å². The van der Waals surface area contributed by atoms with Gasteiger partial charge in [-0.2, -0.15) is 0 Å². The largest absolute Gasteiger partial charge is 0.495 e. The Balaban J connectivity index is 1.60. The molecule has 0 heterocycles. The summed E-state index contributed by atoms with van der Waals surface area (Å²) in [4.78, 5) is 25.8. The van der Waals surface area contributed by atoms with Crippen molar-refractivity contribution in [2.24, 2.45) is 0 Å². The summed E-state index contributed by atoms with van der Waals surface area (Å²) >= 11 is 7.50. The first-order chi connectivity index (χ1) is 15.3. The maximum Gasteiger partial charge on any atom is 0.255 e. The van der Waals surface area contributed by atoms with Gasteiger partial charge in [0.15, 0.2) is 0 Å². The second kappa shape index (κ2) is 10.5. The molecule has 0 aromatic heterocycles. The van der Waals surface area contributed by atoms with Crippen molar-refractivity contribution in [2.75, 3.05) is 17.7 Å². The van der Waals surface area contributed by atoms with E-state index >= 15 is 0 Å². The molecule has 8 heteroatoms. The molecule has 3 rings (SSSR count). The van der Waals surface area contributed by atoms with Crippen molar-refractivity contribution in [1.29, 1.82) is 0 Å². The minimum absolute atomic E-state index is 0.177. The van der Waals surface area contributed by atoms with Crippen molar-refractivity contribution in [3.63, 3.8) is 0 Å². The Hall–Kier alpha value is -3.03. The number of hydrogen-bond donors (Lipinski definition) is 2. The molecule has 5 nitrogen and oxygen atoms in total. The van der Waals surface area contributed by atoms with Crippen molar-refractivity contribution < 1.29 is 18.7 Å². The molecule has 32 heavy (non-hydrogen) atoms. The Morgan fingerprint density at radius 3 is 2.31 bits per heavy atom. The molecule has 0 saturated carbocycles. The van der Waals surface area contributed by atoms with Crippen LogP contribution in [0.1, 0.15) is 22.8 Å². The molecule has 0 radical (unpaired) electrons.